The summed E-state index contributed by atoms with van der Waals surface area (Å²) in [5.41, 5.74) is 2.31. The van der Waals surface area contributed by atoms with E-state index in [9.17, 15) is 9.59 Å². The SMILES string of the molecule is O=C(O)Cn1cc(NC(=O)c2cscn2)cn1. The van der Waals surface area contributed by atoms with E-state index in [1.165, 1.54) is 28.4 Å². The highest BCUT2D eigenvalue weighted by molar-refractivity contribution is 7.07. The first kappa shape index (κ1) is 11.3. The third-order valence-electron chi connectivity index (χ3n) is 1.85. The fraction of sp³-hybridized carbons (Fsp3) is 0.111. The minimum absolute atomic E-state index is 0.243. The van der Waals surface area contributed by atoms with Crippen molar-refractivity contribution < 1.29 is 14.7 Å². The molecule has 0 fully saturated rings. The summed E-state index contributed by atoms with van der Waals surface area (Å²) in [4.78, 5) is 25.9. The third-order valence-corrected chi connectivity index (χ3v) is 2.44. The number of amides is 1. The molecule has 2 aromatic heterocycles. The maximum atomic E-state index is 11.6. The fourth-order valence-electron chi connectivity index (χ4n) is 1.17. The topological polar surface area (TPSA) is 97.1 Å². The van der Waals surface area contributed by atoms with Crippen LogP contribution in [0.25, 0.3) is 0 Å². The highest BCUT2D eigenvalue weighted by Gasteiger charge is 2.09. The number of anilines is 1. The van der Waals surface area contributed by atoms with Crippen LogP contribution in [0.2, 0.25) is 0 Å². The Balaban J connectivity index is 2.02. The van der Waals surface area contributed by atoms with Gasteiger partial charge < -0.3 is 10.4 Å². The summed E-state index contributed by atoms with van der Waals surface area (Å²) in [5.74, 6) is -1.34. The Morgan fingerprint density at radius 3 is 3.00 bits per heavy atom. The first-order valence-electron chi connectivity index (χ1n) is 4.59. The molecule has 0 bridgehead atoms. The molecule has 0 aromatic carbocycles. The van der Waals surface area contributed by atoms with Crippen LogP contribution in [-0.2, 0) is 11.3 Å². The molecule has 7 nitrogen and oxygen atoms in total. The van der Waals surface area contributed by atoms with Crippen molar-refractivity contribution in [3.8, 4) is 0 Å². The number of carbonyl (C=O) groups excluding carboxylic acids is 1. The van der Waals surface area contributed by atoms with Crippen molar-refractivity contribution in [1.29, 1.82) is 0 Å². The molecule has 0 spiro atoms. The molecular formula is C9H8N4O3S. The molecule has 0 atom stereocenters. The van der Waals surface area contributed by atoms with Crippen molar-refractivity contribution in [2.24, 2.45) is 0 Å². The lowest BCUT2D eigenvalue weighted by Gasteiger charge is -1.98. The van der Waals surface area contributed by atoms with Gasteiger partial charge in [0.1, 0.15) is 12.2 Å². The molecule has 0 radical (unpaired) electrons. The molecule has 0 aliphatic rings. The van der Waals surface area contributed by atoms with E-state index >= 15 is 0 Å². The van der Waals surface area contributed by atoms with E-state index < -0.39 is 5.97 Å². The molecule has 0 saturated carbocycles. The molecule has 2 aromatic rings. The third kappa shape index (κ3) is 2.88. The number of carboxylic acid groups (broad SMARTS) is 1. The van der Waals surface area contributed by atoms with Crippen LogP contribution in [0.4, 0.5) is 5.69 Å². The fourth-order valence-corrected chi connectivity index (χ4v) is 1.71. The van der Waals surface area contributed by atoms with Gasteiger partial charge in [-0.25, -0.2) is 4.98 Å². The van der Waals surface area contributed by atoms with E-state index in [1.54, 1.807) is 10.9 Å². The number of hydrogen-bond donors (Lipinski definition) is 2. The zero-order valence-electron chi connectivity index (χ0n) is 8.53. The smallest absolute Gasteiger partial charge is 0.325 e. The maximum Gasteiger partial charge on any atom is 0.325 e. The molecule has 1 amide bonds. The van der Waals surface area contributed by atoms with Gasteiger partial charge in [0.15, 0.2) is 0 Å². The zero-order valence-corrected chi connectivity index (χ0v) is 9.35. The van der Waals surface area contributed by atoms with Crippen molar-refractivity contribution in [1.82, 2.24) is 14.8 Å². The predicted octanol–water partition coefficient (Wildman–Crippen LogP) is 0.677. The molecule has 8 heteroatoms. The average molecular weight is 252 g/mol. The van der Waals surface area contributed by atoms with Crippen LogP contribution in [0.3, 0.4) is 0 Å². The Morgan fingerprint density at radius 2 is 2.35 bits per heavy atom. The van der Waals surface area contributed by atoms with Crippen molar-refractivity contribution in [2.45, 2.75) is 6.54 Å². The van der Waals surface area contributed by atoms with Gasteiger partial charge >= 0.3 is 5.97 Å². The molecule has 88 valence electrons. The summed E-state index contributed by atoms with van der Waals surface area (Å²) in [6.45, 7) is -0.243. The molecule has 0 unspecified atom stereocenters. The van der Waals surface area contributed by atoms with Gasteiger partial charge in [-0.2, -0.15) is 5.10 Å². The van der Waals surface area contributed by atoms with Gasteiger partial charge in [0.25, 0.3) is 5.91 Å². The van der Waals surface area contributed by atoms with E-state index in [0.717, 1.165) is 0 Å². The second-order valence-electron chi connectivity index (χ2n) is 3.15. The number of carbonyl (C=O) groups is 2. The molecular weight excluding hydrogens is 244 g/mol. The van der Waals surface area contributed by atoms with Gasteiger partial charge in [0, 0.05) is 11.6 Å². The average Bonchev–Trinajstić information content (AvgIpc) is 2.87. The molecule has 17 heavy (non-hydrogen) atoms. The van der Waals surface area contributed by atoms with Crippen molar-refractivity contribution in [2.75, 3.05) is 5.32 Å². The van der Waals surface area contributed by atoms with Gasteiger partial charge in [-0.15, -0.1) is 11.3 Å². The van der Waals surface area contributed by atoms with Crippen LogP contribution < -0.4 is 5.32 Å². The van der Waals surface area contributed by atoms with Crippen LogP contribution in [-0.4, -0.2) is 31.7 Å². The first-order chi connectivity index (χ1) is 8.15. The largest absolute Gasteiger partial charge is 0.480 e. The minimum atomic E-state index is -0.995. The summed E-state index contributed by atoms with van der Waals surface area (Å²) in [6, 6.07) is 0. The highest BCUT2D eigenvalue weighted by Crippen LogP contribution is 2.08. The second kappa shape index (κ2) is 4.74. The van der Waals surface area contributed by atoms with Crippen molar-refractivity contribution >= 4 is 28.9 Å². The highest BCUT2D eigenvalue weighted by atomic mass is 32.1. The molecule has 0 saturated heterocycles. The summed E-state index contributed by atoms with van der Waals surface area (Å²) < 4.78 is 1.22. The molecule has 0 aliphatic carbocycles. The normalized spacial score (nSPS) is 10.1. The van der Waals surface area contributed by atoms with E-state index in [0.29, 0.717) is 11.4 Å². The van der Waals surface area contributed by atoms with Crippen molar-refractivity contribution in [3.63, 3.8) is 0 Å². The van der Waals surface area contributed by atoms with Crippen LogP contribution >= 0.6 is 11.3 Å². The summed E-state index contributed by atoms with van der Waals surface area (Å²) in [5, 5.41) is 16.5. The Kier molecular flexibility index (Phi) is 3.15. The number of thiazole rings is 1. The lowest BCUT2D eigenvalue weighted by Crippen LogP contribution is -2.12. The standard InChI is InChI=1S/C9H8N4O3S/c14-8(15)3-13-2-6(1-11-13)12-9(16)7-4-17-5-10-7/h1-2,4-5H,3H2,(H,12,16)(H,14,15). The van der Waals surface area contributed by atoms with E-state index in [-0.39, 0.29) is 12.5 Å². The summed E-state index contributed by atoms with van der Waals surface area (Å²) in [7, 11) is 0. The lowest BCUT2D eigenvalue weighted by atomic mass is 10.4. The van der Waals surface area contributed by atoms with Crippen LogP contribution in [0.15, 0.2) is 23.3 Å². The number of aliphatic carboxylic acids is 1. The van der Waals surface area contributed by atoms with E-state index in [4.69, 9.17) is 5.11 Å². The van der Waals surface area contributed by atoms with Gasteiger partial charge in [-0.1, -0.05) is 0 Å². The monoisotopic (exact) mass is 252 g/mol. The maximum absolute atomic E-state index is 11.6. The quantitative estimate of drug-likeness (QED) is 0.833. The summed E-state index contributed by atoms with van der Waals surface area (Å²) in [6.07, 6.45) is 2.82. The van der Waals surface area contributed by atoms with Gasteiger partial charge in [-0.05, 0) is 0 Å². The van der Waals surface area contributed by atoms with Crippen LogP contribution in [0.1, 0.15) is 10.5 Å². The van der Waals surface area contributed by atoms with Gasteiger partial charge in [0.2, 0.25) is 0 Å². The summed E-state index contributed by atoms with van der Waals surface area (Å²) >= 11 is 1.32. The first-order valence-corrected chi connectivity index (χ1v) is 5.53. The second-order valence-corrected chi connectivity index (χ2v) is 3.87. The number of hydrogen-bond acceptors (Lipinski definition) is 5. The lowest BCUT2D eigenvalue weighted by molar-refractivity contribution is -0.137. The molecule has 2 heterocycles. The van der Waals surface area contributed by atoms with Crippen molar-refractivity contribution in [3.05, 3.63) is 29.0 Å². The van der Waals surface area contributed by atoms with Gasteiger partial charge in [0.05, 0.1) is 17.4 Å². The molecule has 0 aliphatic heterocycles. The number of aromatic nitrogens is 3. The molecule has 2 rings (SSSR count). The van der Waals surface area contributed by atoms with E-state index in [2.05, 4.69) is 15.4 Å². The predicted molar refractivity (Wildman–Crippen MR) is 59.9 cm³/mol. The Labute approximate surface area is 99.7 Å². The minimum Gasteiger partial charge on any atom is -0.480 e. The number of nitrogens with zero attached hydrogens (tertiary/aromatic N) is 3. The van der Waals surface area contributed by atoms with Gasteiger partial charge in [-0.3, -0.25) is 14.3 Å². The molecule has 2 N–H and O–H groups in total. The number of rotatable bonds is 4. The number of carboxylic acids is 1. The van der Waals surface area contributed by atoms with E-state index in [1.807, 2.05) is 0 Å². The Morgan fingerprint density at radius 1 is 1.53 bits per heavy atom. The Hall–Kier alpha value is -2.22. The number of nitrogens with one attached hydrogen (secondary N) is 1. The zero-order chi connectivity index (χ0) is 12.3. The van der Waals surface area contributed by atoms with Crippen LogP contribution in [0.5, 0.6) is 0 Å². The Bertz CT molecular complexity index is 534. The van der Waals surface area contributed by atoms with Crippen LogP contribution in [0, 0.1) is 0 Å².